The summed E-state index contributed by atoms with van der Waals surface area (Å²) in [6, 6.07) is 3.50. The first-order valence-corrected chi connectivity index (χ1v) is 4.97. The Bertz CT molecular complexity index is 309. The highest BCUT2D eigenvalue weighted by molar-refractivity contribution is 9.08. The van der Waals surface area contributed by atoms with Crippen LogP contribution in [-0.2, 0) is 11.5 Å². The minimum atomic E-state index is -4.29. The summed E-state index contributed by atoms with van der Waals surface area (Å²) in [7, 11) is 0. The van der Waals surface area contributed by atoms with E-state index in [0.717, 1.165) is 17.7 Å². The van der Waals surface area contributed by atoms with Crippen molar-refractivity contribution in [1.29, 1.82) is 0 Å². The van der Waals surface area contributed by atoms with Crippen molar-refractivity contribution < 1.29 is 13.2 Å². The Morgan fingerprint density at radius 3 is 2.31 bits per heavy atom. The number of halogens is 4. The molecule has 0 aliphatic heterocycles. The van der Waals surface area contributed by atoms with E-state index in [0.29, 0.717) is 10.2 Å². The van der Waals surface area contributed by atoms with Gasteiger partial charge in [0.25, 0.3) is 0 Å². The molecule has 5 heteroatoms. The van der Waals surface area contributed by atoms with Gasteiger partial charge in [0.2, 0.25) is 0 Å². The van der Waals surface area contributed by atoms with E-state index in [2.05, 4.69) is 28.6 Å². The van der Waals surface area contributed by atoms with E-state index in [1.807, 2.05) is 0 Å². The molecule has 0 spiro atoms. The smallest absolute Gasteiger partial charge is 0.166 e. The minimum Gasteiger partial charge on any atom is -0.166 e. The molecule has 13 heavy (non-hydrogen) atoms. The minimum absolute atomic E-state index is 0.353. The van der Waals surface area contributed by atoms with Gasteiger partial charge in [0.15, 0.2) is 0 Å². The zero-order chi connectivity index (χ0) is 10.1. The van der Waals surface area contributed by atoms with Crippen LogP contribution in [0.25, 0.3) is 0 Å². The second-order valence-corrected chi connectivity index (χ2v) is 3.52. The van der Waals surface area contributed by atoms with Crippen LogP contribution in [0, 0.1) is 0 Å². The molecular weight excluding hydrogens is 265 g/mol. The van der Waals surface area contributed by atoms with Gasteiger partial charge >= 0.3 is 6.18 Å². The Labute approximate surface area is 87.7 Å². The average molecular weight is 271 g/mol. The van der Waals surface area contributed by atoms with Gasteiger partial charge in [-0.3, -0.25) is 0 Å². The highest BCUT2D eigenvalue weighted by atomic mass is 79.9. The molecule has 0 bridgehead atoms. The van der Waals surface area contributed by atoms with E-state index in [9.17, 15) is 13.2 Å². The number of benzene rings is 1. The fraction of sp³-hybridized carbons (Fsp3) is 0.250. The standard InChI is InChI=1S/C8H6BrF3S/c9-4-5-1-2-6(3-7(5)13)8(10,11)12/h1-3,13H,4H2. The zero-order valence-electron chi connectivity index (χ0n) is 6.40. The van der Waals surface area contributed by atoms with Crippen LogP contribution >= 0.6 is 28.6 Å². The molecule has 0 nitrogen and oxygen atoms in total. The van der Waals surface area contributed by atoms with E-state index in [-0.39, 0.29) is 0 Å². The maximum atomic E-state index is 12.2. The van der Waals surface area contributed by atoms with Crippen LogP contribution in [0.1, 0.15) is 11.1 Å². The van der Waals surface area contributed by atoms with Gasteiger partial charge in [-0.25, -0.2) is 0 Å². The maximum Gasteiger partial charge on any atom is 0.416 e. The zero-order valence-corrected chi connectivity index (χ0v) is 8.88. The lowest BCUT2D eigenvalue weighted by atomic mass is 10.1. The first kappa shape index (κ1) is 10.9. The van der Waals surface area contributed by atoms with Gasteiger partial charge in [-0.1, -0.05) is 22.0 Å². The van der Waals surface area contributed by atoms with E-state index in [1.165, 1.54) is 6.07 Å². The molecule has 72 valence electrons. The summed E-state index contributed by atoms with van der Waals surface area (Å²) in [5.74, 6) is 0. The molecule has 1 aromatic carbocycles. The average Bonchev–Trinajstić information content (AvgIpc) is 2.02. The van der Waals surface area contributed by atoms with Crippen molar-refractivity contribution in [3.8, 4) is 0 Å². The van der Waals surface area contributed by atoms with Crippen molar-refractivity contribution in [2.24, 2.45) is 0 Å². The van der Waals surface area contributed by atoms with Crippen LogP contribution < -0.4 is 0 Å². The SMILES string of the molecule is FC(F)(F)c1ccc(CBr)c(S)c1. The summed E-state index contributed by atoms with van der Waals surface area (Å²) in [4.78, 5) is 0.353. The molecule has 0 saturated heterocycles. The Hall–Kier alpha value is -0.160. The number of rotatable bonds is 1. The van der Waals surface area contributed by atoms with Crippen LogP contribution in [0.15, 0.2) is 23.1 Å². The molecule has 0 aliphatic carbocycles. The lowest BCUT2D eigenvalue weighted by molar-refractivity contribution is -0.137. The lowest BCUT2D eigenvalue weighted by Gasteiger charge is -2.08. The third-order valence-electron chi connectivity index (χ3n) is 1.56. The quantitative estimate of drug-likeness (QED) is 0.581. The molecule has 0 saturated carbocycles. The van der Waals surface area contributed by atoms with Gasteiger partial charge in [0.05, 0.1) is 5.56 Å². The van der Waals surface area contributed by atoms with Crippen molar-refractivity contribution in [2.45, 2.75) is 16.4 Å². The summed E-state index contributed by atoms with van der Waals surface area (Å²) >= 11 is 7.10. The topological polar surface area (TPSA) is 0 Å². The molecule has 0 radical (unpaired) electrons. The Balaban J connectivity index is 3.10. The Morgan fingerprint density at radius 1 is 1.31 bits per heavy atom. The summed E-state index contributed by atoms with van der Waals surface area (Å²) in [6.45, 7) is 0. The van der Waals surface area contributed by atoms with Gasteiger partial charge in [0.1, 0.15) is 0 Å². The molecule has 0 amide bonds. The second-order valence-electron chi connectivity index (χ2n) is 2.47. The third-order valence-corrected chi connectivity index (χ3v) is 2.58. The molecule has 0 aliphatic rings. The number of hydrogen-bond acceptors (Lipinski definition) is 1. The highest BCUT2D eigenvalue weighted by Gasteiger charge is 2.30. The van der Waals surface area contributed by atoms with Gasteiger partial charge < -0.3 is 0 Å². The van der Waals surface area contributed by atoms with E-state index >= 15 is 0 Å². The maximum absolute atomic E-state index is 12.2. The van der Waals surface area contributed by atoms with Gasteiger partial charge in [-0.05, 0) is 17.7 Å². The largest absolute Gasteiger partial charge is 0.416 e. The van der Waals surface area contributed by atoms with Gasteiger partial charge in [-0.15, -0.1) is 12.6 Å². The summed E-state index contributed by atoms with van der Waals surface area (Å²) in [5.41, 5.74) is 0.0820. The predicted molar refractivity (Wildman–Crippen MR) is 51.3 cm³/mol. The van der Waals surface area contributed by atoms with Crippen molar-refractivity contribution >= 4 is 28.6 Å². The van der Waals surface area contributed by atoms with Crippen molar-refractivity contribution in [2.75, 3.05) is 0 Å². The number of alkyl halides is 4. The summed E-state index contributed by atoms with van der Waals surface area (Å²) in [5, 5.41) is 0.504. The third kappa shape index (κ3) is 2.64. The molecule has 0 aromatic heterocycles. The van der Waals surface area contributed by atoms with Crippen LogP contribution in [0.2, 0.25) is 0 Å². The number of thiol groups is 1. The fourth-order valence-corrected chi connectivity index (χ4v) is 1.85. The molecule has 0 N–H and O–H groups in total. The first-order valence-electron chi connectivity index (χ1n) is 3.40. The van der Waals surface area contributed by atoms with Crippen LogP contribution in [0.5, 0.6) is 0 Å². The molecule has 1 rings (SSSR count). The second kappa shape index (κ2) is 3.92. The monoisotopic (exact) mass is 270 g/mol. The normalized spacial score (nSPS) is 11.8. The molecule has 0 unspecified atom stereocenters. The highest BCUT2D eigenvalue weighted by Crippen LogP contribution is 2.31. The van der Waals surface area contributed by atoms with E-state index in [1.54, 1.807) is 0 Å². The number of hydrogen-bond donors (Lipinski definition) is 1. The van der Waals surface area contributed by atoms with Crippen LogP contribution in [0.4, 0.5) is 13.2 Å². The lowest BCUT2D eigenvalue weighted by Crippen LogP contribution is -2.04. The molecule has 1 aromatic rings. The molecule has 0 heterocycles. The Kier molecular flexibility index (Phi) is 3.29. The van der Waals surface area contributed by atoms with E-state index < -0.39 is 11.7 Å². The van der Waals surface area contributed by atoms with E-state index in [4.69, 9.17) is 0 Å². The van der Waals surface area contributed by atoms with Crippen molar-refractivity contribution in [3.05, 3.63) is 29.3 Å². The van der Waals surface area contributed by atoms with Crippen LogP contribution in [-0.4, -0.2) is 0 Å². The fourth-order valence-electron chi connectivity index (χ4n) is 0.853. The molecule has 0 atom stereocenters. The molecular formula is C8H6BrF3S. The summed E-state index contributed by atoms with van der Waals surface area (Å²) < 4.78 is 36.5. The molecule has 0 fully saturated rings. The predicted octanol–water partition coefficient (Wildman–Crippen LogP) is 3.89. The van der Waals surface area contributed by atoms with Crippen LogP contribution in [0.3, 0.4) is 0 Å². The van der Waals surface area contributed by atoms with Crippen molar-refractivity contribution in [3.63, 3.8) is 0 Å². The first-order chi connectivity index (χ1) is 5.95. The van der Waals surface area contributed by atoms with Gasteiger partial charge in [-0.2, -0.15) is 13.2 Å². The van der Waals surface area contributed by atoms with Crippen molar-refractivity contribution in [1.82, 2.24) is 0 Å². The summed E-state index contributed by atoms with van der Waals surface area (Å²) in [6.07, 6.45) is -4.29. The van der Waals surface area contributed by atoms with Gasteiger partial charge in [0, 0.05) is 10.2 Å². The Morgan fingerprint density at radius 2 is 1.92 bits per heavy atom.